The predicted molar refractivity (Wildman–Crippen MR) is 203 cm³/mol. The second-order valence-electron chi connectivity index (χ2n) is 18.7. The fraction of sp³-hybridized carbons (Fsp3) is 0.956. The highest BCUT2D eigenvalue weighted by molar-refractivity contribution is 5.27. The average molecular weight is 655 g/mol. The van der Waals surface area contributed by atoms with Gasteiger partial charge in [-0.2, -0.15) is 0 Å². The van der Waals surface area contributed by atoms with Crippen molar-refractivity contribution in [2.45, 2.75) is 221 Å². The number of hydrogen-bond acceptors (Lipinski definition) is 2. The first-order chi connectivity index (χ1) is 22.6. The molecule has 0 radical (unpaired) electrons. The molecule has 2 nitrogen and oxygen atoms in total. The third kappa shape index (κ3) is 10.4. The Kier molecular flexibility index (Phi) is 16.2. The largest absolute Gasteiger partial charge is 0.393 e. The zero-order chi connectivity index (χ0) is 33.9. The number of rotatable bonds is 22. The van der Waals surface area contributed by atoms with E-state index in [-0.39, 0.29) is 12.2 Å². The van der Waals surface area contributed by atoms with Crippen LogP contribution in [0.25, 0.3) is 0 Å². The van der Waals surface area contributed by atoms with E-state index in [1.807, 2.05) is 0 Å². The normalized spacial score (nSPS) is 34.9. The van der Waals surface area contributed by atoms with E-state index in [0.29, 0.717) is 16.7 Å². The van der Waals surface area contributed by atoms with Crippen LogP contribution in [0.3, 0.4) is 0 Å². The Labute approximate surface area is 294 Å². The zero-order valence-corrected chi connectivity index (χ0v) is 32.6. The molecule has 0 amide bonds. The van der Waals surface area contributed by atoms with Crippen LogP contribution in [0.2, 0.25) is 0 Å². The van der Waals surface area contributed by atoms with Crippen molar-refractivity contribution >= 4 is 0 Å². The molecule has 0 aromatic rings. The highest BCUT2D eigenvalue weighted by Gasteiger charge is 2.60. The Balaban J connectivity index is 1.18. The summed E-state index contributed by atoms with van der Waals surface area (Å²) in [5.41, 5.74) is 2.54. The van der Waals surface area contributed by atoms with Crippen LogP contribution in [0.1, 0.15) is 208 Å². The molecule has 0 heterocycles. The van der Waals surface area contributed by atoms with E-state index >= 15 is 0 Å². The van der Waals surface area contributed by atoms with E-state index in [2.05, 4.69) is 47.6 Å². The van der Waals surface area contributed by atoms with E-state index in [4.69, 9.17) is 0 Å². The molecule has 2 heteroatoms. The van der Waals surface area contributed by atoms with Crippen molar-refractivity contribution in [2.75, 3.05) is 0 Å². The lowest BCUT2D eigenvalue weighted by molar-refractivity contribution is -0.0810. The lowest BCUT2D eigenvalue weighted by Gasteiger charge is -2.61. The first kappa shape index (κ1) is 39.4. The number of aliphatic hydroxyl groups excluding tert-OH is 2. The summed E-state index contributed by atoms with van der Waals surface area (Å²) in [6, 6.07) is 0. The molecule has 2 unspecified atom stereocenters. The molecule has 2 N–H and O–H groups in total. The molecule has 4 rings (SSSR count). The molecule has 4 aliphatic rings. The monoisotopic (exact) mass is 655 g/mol. The maximum Gasteiger partial charge on any atom is 0.0580 e. The molecule has 10 atom stereocenters. The summed E-state index contributed by atoms with van der Waals surface area (Å²) in [5, 5.41) is 21.2. The highest BCUT2D eigenvalue weighted by atomic mass is 16.3. The first-order valence-corrected chi connectivity index (χ1v) is 21.7. The van der Waals surface area contributed by atoms with Crippen molar-refractivity contribution in [1.82, 2.24) is 0 Å². The molecular formula is C45H82O2. The van der Waals surface area contributed by atoms with Crippen molar-refractivity contribution in [3.8, 4) is 0 Å². The zero-order valence-electron chi connectivity index (χ0n) is 32.6. The van der Waals surface area contributed by atoms with Gasteiger partial charge in [0.25, 0.3) is 0 Å². The Morgan fingerprint density at radius 3 is 2.04 bits per heavy atom. The minimum absolute atomic E-state index is 0.0584. The topological polar surface area (TPSA) is 40.5 Å². The second kappa shape index (κ2) is 19.3. The van der Waals surface area contributed by atoms with Gasteiger partial charge in [0.2, 0.25) is 0 Å². The number of unbranched alkanes of at least 4 members (excludes halogenated alkanes) is 11. The van der Waals surface area contributed by atoms with Gasteiger partial charge < -0.3 is 10.2 Å². The van der Waals surface area contributed by atoms with Gasteiger partial charge in [-0.15, -0.1) is 0 Å². The minimum atomic E-state index is -0.116. The van der Waals surface area contributed by atoms with Gasteiger partial charge >= 0.3 is 0 Å². The maximum atomic E-state index is 11.0. The molecule has 0 saturated heterocycles. The Morgan fingerprint density at radius 2 is 1.38 bits per heavy atom. The van der Waals surface area contributed by atoms with Crippen molar-refractivity contribution < 1.29 is 10.2 Å². The molecular weight excluding hydrogens is 572 g/mol. The van der Waals surface area contributed by atoms with Crippen LogP contribution in [-0.4, -0.2) is 22.4 Å². The van der Waals surface area contributed by atoms with Crippen LogP contribution in [0.15, 0.2) is 11.6 Å². The van der Waals surface area contributed by atoms with Gasteiger partial charge in [0.15, 0.2) is 0 Å². The molecule has 0 aliphatic heterocycles. The summed E-state index contributed by atoms with van der Waals surface area (Å²) < 4.78 is 0. The van der Waals surface area contributed by atoms with Gasteiger partial charge in [-0.1, -0.05) is 156 Å². The van der Waals surface area contributed by atoms with Crippen molar-refractivity contribution in [1.29, 1.82) is 0 Å². The third-order valence-corrected chi connectivity index (χ3v) is 15.1. The quantitative estimate of drug-likeness (QED) is 0.0901. The van der Waals surface area contributed by atoms with Crippen LogP contribution in [-0.2, 0) is 0 Å². The van der Waals surface area contributed by atoms with Crippen LogP contribution < -0.4 is 0 Å². The van der Waals surface area contributed by atoms with Crippen molar-refractivity contribution in [3.05, 3.63) is 11.6 Å². The summed E-state index contributed by atoms with van der Waals surface area (Å²) in [4.78, 5) is 0. The number of aliphatic hydroxyl groups is 2. The van der Waals surface area contributed by atoms with Crippen LogP contribution in [0.4, 0.5) is 0 Å². The molecule has 3 fully saturated rings. The van der Waals surface area contributed by atoms with Crippen LogP contribution in [0.5, 0.6) is 0 Å². The summed E-state index contributed by atoms with van der Waals surface area (Å²) in [7, 11) is 0. The molecule has 4 aliphatic carbocycles. The smallest absolute Gasteiger partial charge is 0.0580 e. The fourth-order valence-electron chi connectivity index (χ4n) is 12.3. The average Bonchev–Trinajstić information content (AvgIpc) is 3.39. The van der Waals surface area contributed by atoms with Gasteiger partial charge in [0.05, 0.1) is 12.2 Å². The third-order valence-electron chi connectivity index (χ3n) is 15.1. The van der Waals surface area contributed by atoms with E-state index in [1.165, 1.54) is 141 Å². The second-order valence-corrected chi connectivity index (χ2v) is 18.7. The number of hydrogen-bond donors (Lipinski definition) is 2. The SMILES string of the molecule is CCCCCCC(O)CCCCCCCCCCCC1C[C@H](O)CC2=CC[C@H]3[C@@H]4CC[C@H]([C@H](C)CCCC(C)C)[C@@]4(C)CC[C@@H]3[C@]21C. The van der Waals surface area contributed by atoms with Crippen molar-refractivity contribution in [3.63, 3.8) is 0 Å². The lowest BCUT2D eigenvalue weighted by atomic mass is 9.44. The van der Waals surface area contributed by atoms with E-state index in [9.17, 15) is 10.2 Å². The first-order valence-electron chi connectivity index (χ1n) is 21.7. The molecule has 47 heavy (non-hydrogen) atoms. The minimum Gasteiger partial charge on any atom is -0.393 e. The summed E-state index contributed by atoms with van der Waals surface area (Å²) in [6.45, 7) is 15.0. The van der Waals surface area contributed by atoms with Crippen LogP contribution >= 0.6 is 0 Å². The number of fused-ring (bicyclic) bond motifs is 5. The van der Waals surface area contributed by atoms with Crippen LogP contribution in [0, 0.1) is 52.3 Å². The molecule has 3 saturated carbocycles. The van der Waals surface area contributed by atoms with Gasteiger partial charge in [-0.3, -0.25) is 0 Å². The van der Waals surface area contributed by atoms with Gasteiger partial charge in [-0.25, -0.2) is 0 Å². The lowest BCUT2D eigenvalue weighted by Crippen LogP contribution is -2.53. The molecule has 274 valence electrons. The maximum absolute atomic E-state index is 11.0. The van der Waals surface area contributed by atoms with Crippen molar-refractivity contribution in [2.24, 2.45) is 52.3 Å². The van der Waals surface area contributed by atoms with E-state index < -0.39 is 0 Å². The van der Waals surface area contributed by atoms with Gasteiger partial charge in [-0.05, 0) is 116 Å². The predicted octanol–water partition coefficient (Wildman–Crippen LogP) is 13.2. The standard InChI is InChI=1S/C45H82O2/c1-7-8-9-18-24-38(46)25-19-16-14-12-10-11-13-15-17-23-36-32-39(47)33-37-26-27-40-42-29-28-41(35(4)22-20-21-34(2)3)44(42,5)31-30-43(40)45(36,37)6/h26,34-36,38-43,46-47H,7-25,27-33H2,1-6H3/t35-,36?,38?,39+,40+,41-,42+,43+,44-,45+/m1/s1. The molecule has 0 bridgehead atoms. The van der Waals surface area contributed by atoms with E-state index in [1.54, 1.807) is 5.57 Å². The molecule has 0 aromatic carbocycles. The Hall–Kier alpha value is -0.340. The molecule has 0 aromatic heterocycles. The highest BCUT2D eigenvalue weighted by Crippen LogP contribution is 2.68. The Morgan fingerprint density at radius 1 is 0.745 bits per heavy atom. The van der Waals surface area contributed by atoms with Gasteiger partial charge in [0.1, 0.15) is 0 Å². The van der Waals surface area contributed by atoms with E-state index in [0.717, 1.165) is 61.2 Å². The van der Waals surface area contributed by atoms with Gasteiger partial charge in [0, 0.05) is 0 Å². The summed E-state index contributed by atoms with van der Waals surface area (Å²) >= 11 is 0. The molecule has 0 spiro atoms. The Bertz CT molecular complexity index is 908. The number of allylic oxidation sites excluding steroid dienone is 1. The fourth-order valence-corrected chi connectivity index (χ4v) is 12.3. The summed E-state index contributed by atoms with van der Waals surface area (Å²) in [5.74, 6) is 5.96. The summed E-state index contributed by atoms with van der Waals surface area (Å²) in [6.07, 6.45) is 36.4.